The van der Waals surface area contributed by atoms with Gasteiger partial charge >= 0.3 is 0 Å². The Balaban J connectivity index is 1.84. The number of anilines is 1. The molecule has 3 aromatic rings. The lowest BCUT2D eigenvalue weighted by atomic mass is 10.2. The quantitative estimate of drug-likeness (QED) is 0.739. The zero-order chi connectivity index (χ0) is 16.5. The van der Waals surface area contributed by atoms with Crippen molar-refractivity contribution in [1.29, 1.82) is 0 Å². The molecule has 4 rings (SSSR count). The van der Waals surface area contributed by atoms with Crippen LogP contribution >= 0.6 is 0 Å². The minimum absolute atomic E-state index is 0.816. The Morgan fingerprint density at radius 2 is 1.75 bits per heavy atom. The van der Waals surface area contributed by atoms with E-state index >= 15 is 0 Å². The number of likely N-dealkylation sites (N-methyl/N-ethyl adjacent to an activating group) is 1. The van der Waals surface area contributed by atoms with Crippen molar-refractivity contribution in [3.05, 3.63) is 42.4 Å². The summed E-state index contributed by atoms with van der Waals surface area (Å²) >= 11 is 0. The molecule has 0 amide bonds. The molecule has 6 heteroatoms. The van der Waals surface area contributed by atoms with Crippen molar-refractivity contribution in [2.45, 2.75) is 13.3 Å². The Morgan fingerprint density at radius 3 is 2.46 bits per heavy atom. The number of fused-ring (bicyclic) bond motifs is 1. The topological polar surface area (TPSA) is 50.1 Å². The van der Waals surface area contributed by atoms with Gasteiger partial charge in [0.1, 0.15) is 11.6 Å². The van der Waals surface area contributed by atoms with E-state index in [0.29, 0.717) is 0 Å². The Kier molecular flexibility index (Phi) is 3.90. The summed E-state index contributed by atoms with van der Waals surface area (Å²) in [5, 5.41) is 5.62. The predicted octanol–water partition coefficient (Wildman–Crippen LogP) is 2.13. The van der Waals surface area contributed by atoms with Crippen molar-refractivity contribution in [1.82, 2.24) is 24.6 Å². The van der Waals surface area contributed by atoms with Gasteiger partial charge in [-0.2, -0.15) is 5.10 Å². The molecule has 0 radical (unpaired) electrons. The molecule has 1 aromatic carbocycles. The third-order valence-electron chi connectivity index (χ3n) is 4.57. The van der Waals surface area contributed by atoms with Gasteiger partial charge in [0, 0.05) is 32.6 Å². The molecule has 0 N–H and O–H groups in total. The highest BCUT2D eigenvalue weighted by Gasteiger charge is 2.21. The van der Waals surface area contributed by atoms with Crippen LogP contribution in [-0.2, 0) is 6.42 Å². The van der Waals surface area contributed by atoms with E-state index in [9.17, 15) is 0 Å². The van der Waals surface area contributed by atoms with Crippen LogP contribution in [0.2, 0.25) is 0 Å². The van der Waals surface area contributed by atoms with Crippen LogP contribution in [0.25, 0.3) is 16.7 Å². The summed E-state index contributed by atoms with van der Waals surface area (Å²) in [5.41, 5.74) is 1.92. The number of aryl methyl sites for hydroxylation is 1. The Morgan fingerprint density at radius 1 is 1.00 bits per heavy atom. The Bertz CT molecular complexity index is 833. The van der Waals surface area contributed by atoms with E-state index in [1.807, 2.05) is 29.1 Å². The second-order valence-electron chi connectivity index (χ2n) is 6.24. The third kappa shape index (κ3) is 2.63. The number of piperazine rings is 1. The number of nitrogens with zero attached hydrogens (tertiary/aromatic N) is 6. The van der Waals surface area contributed by atoms with Gasteiger partial charge in [0.05, 0.1) is 17.3 Å². The molecule has 0 unspecified atom stereocenters. The monoisotopic (exact) mass is 322 g/mol. The Labute approximate surface area is 141 Å². The lowest BCUT2D eigenvalue weighted by molar-refractivity contribution is 0.312. The first-order valence-electron chi connectivity index (χ1n) is 8.50. The van der Waals surface area contributed by atoms with Crippen LogP contribution in [-0.4, -0.2) is 57.9 Å². The molecule has 0 bridgehead atoms. The maximum absolute atomic E-state index is 4.82. The van der Waals surface area contributed by atoms with Crippen molar-refractivity contribution in [2.75, 3.05) is 38.1 Å². The van der Waals surface area contributed by atoms with Gasteiger partial charge in [-0.05, 0) is 19.2 Å². The first-order valence-corrected chi connectivity index (χ1v) is 8.50. The Hall–Kier alpha value is -2.47. The number of aromatic nitrogens is 4. The fraction of sp³-hybridized carbons (Fsp3) is 0.389. The first-order chi connectivity index (χ1) is 11.8. The second-order valence-corrected chi connectivity index (χ2v) is 6.24. The summed E-state index contributed by atoms with van der Waals surface area (Å²) in [6.45, 7) is 6.18. The minimum atomic E-state index is 0.816. The van der Waals surface area contributed by atoms with E-state index < -0.39 is 0 Å². The predicted molar refractivity (Wildman–Crippen MR) is 95.7 cm³/mol. The maximum Gasteiger partial charge on any atom is 0.168 e. The molecule has 1 aliphatic heterocycles. The molecule has 0 atom stereocenters. The molecular formula is C18H22N6. The van der Waals surface area contributed by atoms with Gasteiger partial charge in [-0.1, -0.05) is 25.1 Å². The molecule has 2 aromatic heterocycles. The van der Waals surface area contributed by atoms with Gasteiger partial charge in [-0.3, -0.25) is 0 Å². The largest absolute Gasteiger partial charge is 0.353 e. The number of rotatable bonds is 3. The molecule has 1 aliphatic rings. The maximum atomic E-state index is 4.82. The van der Waals surface area contributed by atoms with Crippen LogP contribution in [0.4, 0.5) is 5.82 Å². The lowest BCUT2D eigenvalue weighted by Gasteiger charge is -2.33. The van der Waals surface area contributed by atoms with E-state index in [0.717, 1.165) is 61.0 Å². The van der Waals surface area contributed by atoms with Crippen LogP contribution in [0.3, 0.4) is 0 Å². The summed E-state index contributed by atoms with van der Waals surface area (Å²) in [4.78, 5) is 14.3. The zero-order valence-corrected chi connectivity index (χ0v) is 14.2. The van der Waals surface area contributed by atoms with Gasteiger partial charge < -0.3 is 9.80 Å². The van der Waals surface area contributed by atoms with Crippen molar-refractivity contribution < 1.29 is 0 Å². The average molecular weight is 322 g/mol. The van der Waals surface area contributed by atoms with Crippen molar-refractivity contribution in [3.63, 3.8) is 0 Å². The van der Waals surface area contributed by atoms with E-state index in [4.69, 9.17) is 9.97 Å². The second kappa shape index (κ2) is 6.20. The molecule has 0 spiro atoms. The summed E-state index contributed by atoms with van der Waals surface area (Å²) in [7, 11) is 2.16. The molecule has 0 saturated carbocycles. The van der Waals surface area contributed by atoms with E-state index in [1.165, 1.54) is 0 Å². The fourth-order valence-corrected chi connectivity index (χ4v) is 3.11. The summed E-state index contributed by atoms with van der Waals surface area (Å²) < 4.78 is 1.91. The average Bonchev–Trinajstić information content (AvgIpc) is 3.06. The van der Waals surface area contributed by atoms with Crippen LogP contribution in [0.5, 0.6) is 0 Å². The minimum Gasteiger partial charge on any atom is -0.353 e. The smallest absolute Gasteiger partial charge is 0.168 e. The van der Waals surface area contributed by atoms with Crippen LogP contribution in [0, 0.1) is 0 Å². The summed E-state index contributed by atoms with van der Waals surface area (Å²) in [5.74, 6) is 1.89. The lowest BCUT2D eigenvalue weighted by Crippen LogP contribution is -2.45. The molecule has 3 heterocycles. The number of para-hydroxylation sites is 1. The van der Waals surface area contributed by atoms with Crippen LogP contribution in [0.15, 0.2) is 36.5 Å². The highest BCUT2D eigenvalue weighted by molar-refractivity contribution is 5.88. The van der Waals surface area contributed by atoms with Gasteiger partial charge in [0.15, 0.2) is 5.65 Å². The number of hydrogen-bond donors (Lipinski definition) is 0. The van der Waals surface area contributed by atoms with Crippen molar-refractivity contribution >= 4 is 16.9 Å². The highest BCUT2D eigenvalue weighted by Crippen LogP contribution is 2.26. The van der Waals surface area contributed by atoms with Crippen LogP contribution < -0.4 is 4.90 Å². The molecule has 24 heavy (non-hydrogen) atoms. The molecule has 6 nitrogen and oxygen atoms in total. The highest BCUT2D eigenvalue weighted by atomic mass is 15.3. The van der Waals surface area contributed by atoms with Crippen molar-refractivity contribution in [2.24, 2.45) is 0 Å². The molecule has 1 fully saturated rings. The molecular weight excluding hydrogens is 300 g/mol. The van der Waals surface area contributed by atoms with E-state index in [2.05, 4.69) is 41.0 Å². The van der Waals surface area contributed by atoms with Crippen molar-refractivity contribution in [3.8, 4) is 5.69 Å². The third-order valence-corrected chi connectivity index (χ3v) is 4.57. The standard InChI is InChI=1S/C18H22N6/c1-3-16-20-17(23-11-9-22(2)10-12-23)15-13-19-24(18(15)21-16)14-7-5-4-6-8-14/h4-8,13H,3,9-12H2,1-2H3. The normalized spacial score (nSPS) is 16.0. The SMILES string of the molecule is CCc1nc(N2CCN(C)CC2)c2cnn(-c3ccccc3)c2n1. The van der Waals surface area contributed by atoms with Gasteiger partial charge in [0.2, 0.25) is 0 Å². The van der Waals surface area contributed by atoms with Gasteiger partial charge in [0.25, 0.3) is 0 Å². The summed E-state index contributed by atoms with van der Waals surface area (Å²) in [6, 6.07) is 10.2. The van der Waals surface area contributed by atoms with Crippen LogP contribution in [0.1, 0.15) is 12.7 Å². The molecule has 0 aliphatic carbocycles. The first kappa shape index (κ1) is 15.1. The van der Waals surface area contributed by atoms with Gasteiger partial charge in [-0.15, -0.1) is 0 Å². The fourth-order valence-electron chi connectivity index (χ4n) is 3.11. The molecule has 124 valence electrons. The zero-order valence-electron chi connectivity index (χ0n) is 14.2. The van der Waals surface area contributed by atoms with Gasteiger partial charge in [-0.25, -0.2) is 14.6 Å². The number of hydrogen-bond acceptors (Lipinski definition) is 5. The number of benzene rings is 1. The molecule has 1 saturated heterocycles. The summed E-state index contributed by atoms with van der Waals surface area (Å²) in [6.07, 6.45) is 2.71. The van der Waals surface area contributed by atoms with E-state index in [1.54, 1.807) is 0 Å². The van der Waals surface area contributed by atoms with E-state index in [-0.39, 0.29) is 0 Å².